The molecule has 0 aliphatic heterocycles. The highest BCUT2D eigenvalue weighted by Gasteiger charge is 2.17. The smallest absolute Gasteiger partial charge is 0.241 e. The average molecular weight is 338 g/mol. The van der Waals surface area contributed by atoms with E-state index in [9.17, 15) is 8.42 Å². The highest BCUT2D eigenvalue weighted by atomic mass is 79.9. The number of nitrogens with one attached hydrogen (secondary N) is 1. The van der Waals surface area contributed by atoms with Crippen molar-refractivity contribution in [2.45, 2.75) is 18.4 Å². The quantitative estimate of drug-likeness (QED) is 0.734. The molecule has 0 aliphatic rings. The molecule has 0 saturated heterocycles. The third kappa shape index (κ3) is 4.33. The summed E-state index contributed by atoms with van der Waals surface area (Å²) in [6, 6.07) is 4.69. The van der Waals surface area contributed by atoms with Gasteiger partial charge in [0.25, 0.3) is 0 Å². The van der Waals surface area contributed by atoms with Gasteiger partial charge in [-0.2, -0.15) is 0 Å². The summed E-state index contributed by atoms with van der Waals surface area (Å²) >= 11 is 3.19. The highest BCUT2D eigenvalue weighted by molar-refractivity contribution is 9.10. The molecule has 0 bridgehead atoms. The van der Waals surface area contributed by atoms with Gasteiger partial charge >= 0.3 is 0 Å². The van der Waals surface area contributed by atoms with E-state index in [-0.39, 0.29) is 18.0 Å². The fraction of sp³-hybridized carbons (Fsp3) is 0.455. The van der Waals surface area contributed by atoms with Crippen LogP contribution in [0, 0.1) is 0 Å². The normalized spacial score (nSPS) is 11.7. The maximum atomic E-state index is 12.0. The van der Waals surface area contributed by atoms with Crippen molar-refractivity contribution in [2.24, 2.45) is 0 Å². The zero-order valence-electron chi connectivity index (χ0n) is 10.0. The van der Waals surface area contributed by atoms with Gasteiger partial charge in [-0.1, -0.05) is 6.07 Å². The van der Waals surface area contributed by atoms with Crippen molar-refractivity contribution in [3.05, 3.63) is 28.2 Å². The molecule has 1 aromatic carbocycles. The molecule has 1 aromatic rings. The molecule has 0 aliphatic carbocycles. The van der Waals surface area contributed by atoms with Crippen LogP contribution in [0.4, 0.5) is 0 Å². The molecule has 0 amide bonds. The molecule has 0 atom stereocenters. The van der Waals surface area contributed by atoms with Crippen LogP contribution in [0.25, 0.3) is 0 Å². The van der Waals surface area contributed by atoms with Gasteiger partial charge in [0.1, 0.15) is 0 Å². The minimum Gasteiger partial charge on any atom is -0.392 e. The number of halogens is 1. The Morgan fingerprint density at radius 3 is 2.78 bits per heavy atom. The largest absolute Gasteiger partial charge is 0.392 e. The molecule has 18 heavy (non-hydrogen) atoms. The molecular weight excluding hydrogens is 322 g/mol. The van der Waals surface area contributed by atoms with Crippen LogP contribution in [0.1, 0.15) is 12.5 Å². The van der Waals surface area contributed by atoms with E-state index in [0.717, 1.165) is 0 Å². The molecule has 7 heteroatoms. The standard InChI is InChI=1S/C11H16BrNO4S/c1-2-17-6-5-13-18(15,16)11-7-9(8-14)3-4-10(11)12/h3-4,7,13-14H,2,5-6,8H2,1H3. The van der Waals surface area contributed by atoms with E-state index in [1.165, 1.54) is 6.07 Å². The molecule has 5 nitrogen and oxygen atoms in total. The van der Waals surface area contributed by atoms with Crippen LogP contribution in [0.15, 0.2) is 27.6 Å². The first-order valence-corrected chi connectivity index (χ1v) is 7.75. The number of hydrogen-bond donors (Lipinski definition) is 2. The monoisotopic (exact) mass is 337 g/mol. The van der Waals surface area contributed by atoms with Crippen molar-refractivity contribution >= 4 is 26.0 Å². The van der Waals surface area contributed by atoms with Crippen molar-refractivity contribution in [1.29, 1.82) is 0 Å². The van der Waals surface area contributed by atoms with Crippen molar-refractivity contribution in [3.8, 4) is 0 Å². The molecule has 0 heterocycles. The van der Waals surface area contributed by atoms with E-state index < -0.39 is 10.0 Å². The van der Waals surface area contributed by atoms with Crippen LogP contribution in [-0.2, 0) is 21.4 Å². The first kappa shape index (κ1) is 15.6. The molecule has 0 fully saturated rings. The topological polar surface area (TPSA) is 75.6 Å². The van der Waals surface area contributed by atoms with Gasteiger partial charge in [-0.25, -0.2) is 13.1 Å². The minimum atomic E-state index is -3.59. The van der Waals surface area contributed by atoms with Crippen LogP contribution in [0.3, 0.4) is 0 Å². The number of sulfonamides is 1. The number of aliphatic hydroxyl groups is 1. The number of benzene rings is 1. The second-order valence-corrected chi connectivity index (χ2v) is 6.11. The summed E-state index contributed by atoms with van der Waals surface area (Å²) in [7, 11) is -3.59. The Morgan fingerprint density at radius 1 is 1.44 bits per heavy atom. The molecule has 102 valence electrons. The van der Waals surface area contributed by atoms with Crippen LogP contribution < -0.4 is 4.72 Å². The zero-order valence-corrected chi connectivity index (χ0v) is 12.4. The van der Waals surface area contributed by atoms with E-state index in [0.29, 0.717) is 23.2 Å². The number of rotatable bonds is 7. The van der Waals surface area contributed by atoms with Gasteiger partial charge in [0.2, 0.25) is 10.0 Å². The number of aliphatic hydroxyl groups excluding tert-OH is 1. The number of hydrogen-bond acceptors (Lipinski definition) is 4. The lowest BCUT2D eigenvalue weighted by molar-refractivity contribution is 0.153. The molecule has 2 N–H and O–H groups in total. The van der Waals surface area contributed by atoms with Gasteiger partial charge in [-0.15, -0.1) is 0 Å². The lowest BCUT2D eigenvalue weighted by Gasteiger charge is -2.09. The predicted octanol–water partition coefficient (Wildman–Crippen LogP) is 1.26. The average Bonchev–Trinajstić information content (AvgIpc) is 2.35. The van der Waals surface area contributed by atoms with E-state index in [2.05, 4.69) is 20.7 Å². The zero-order chi connectivity index (χ0) is 13.6. The van der Waals surface area contributed by atoms with Crippen molar-refractivity contribution < 1.29 is 18.3 Å². The van der Waals surface area contributed by atoms with Gasteiger partial charge in [-0.05, 0) is 40.5 Å². The molecule has 1 rings (SSSR count). The molecule has 0 spiro atoms. The van der Waals surface area contributed by atoms with E-state index in [1.807, 2.05) is 6.92 Å². The van der Waals surface area contributed by atoms with Gasteiger partial charge < -0.3 is 9.84 Å². The molecule has 0 unspecified atom stereocenters. The van der Waals surface area contributed by atoms with Gasteiger partial charge in [-0.3, -0.25) is 0 Å². The van der Waals surface area contributed by atoms with Crippen LogP contribution >= 0.6 is 15.9 Å². The molecular formula is C11H16BrNO4S. The highest BCUT2D eigenvalue weighted by Crippen LogP contribution is 2.23. The maximum absolute atomic E-state index is 12.0. The van der Waals surface area contributed by atoms with E-state index in [4.69, 9.17) is 9.84 Å². The van der Waals surface area contributed by atoms with Gasteiger partial charge in [0.05, 0.1) is 18.1 Å². The first-order chi connectivity index (χ1) is 8.51. The second kappa shape index (κ2) is 7.20. The third-order valence-corrected chi connectivity index (χ3v) is 4.67. The Morgan fingerprint density at radius 2 is 2.17 bits per heavy atom. The van der Waals surface area contributed by atoms with E-state index >= 15 is 0 Å². The summed E-state index contributed by atoms with van der Waals surface area (Å²) in [5, 5.41) is 9.01. The van der Waals surface area contributed by atoms with Crippen molar-refractivity contribution in [1.82, 2.24) is 4.72 Å². The lowest BCUT2D eigenvalue weighted by atomic mass is 10.2. The molecule has 0 saturated carbocycles. The fourth-order valence-electron chi connectivity index (χ4n) is 1.32. The summed E-state index contributed by atoms with van der Waals surface area (Å²) in [6.45, 7) is 2.73. The van der Waals surface area contributed by atoms with Crippen LogP contribution in [-0.4, -0.2) is 33.3 Å². The van der Waals surface area contributed by atoms with Gasteiger partial charge in [0.15, 0.2) is 0 Å². The Balaban J connectivity index is 2.83. The summed E-state index contributed by atoms with van der Waals surface area (Å²) < 4.78 is 32.0. The Hall–Kier alpha value is -0.470. The Kier molecular flexibility index (Phi) is 6.24. The first-order valence-electron chi connectivity index (χ1n) is 5.48. The maximum Gasteiger partial charge on any atom is 0.241 e. The SMILES string of the molecule is CCOCCNS(=O)(=O)c1cc(CO)ccc1Br. The van der Waals surface area contributed by atoms with Gasteiger partial charge in [0, 0.05) is 17.6 Å². The third-order valence-electron chi connectivity index (χ3n) is 2.21. The Labute approximate surface area is 115 Å². The Bertz CT molecular complexity index is 490. The summed E-state index contributed by atoms with van der Waals surface area (Å²) in [4.78, 5) is 0.116. The van der Waals surface area contributed by atoms with E-state index in [1.54, 1.807) is 12.1 Å². The van der Waals surface area contributed by atoms with Crippen LogP contribution in [0.2, 0.25) is 0 Å². The number of ether oxygens (including phenoxy) is 1. The van der Waals surface area contributed by atoms with Crippen molar-refractivity contribution in [2.75, 3.05) is 19.8 Å². The summed E-state index contributed by atoms with van der Waals surface area (Å²) in [5.41, 5.74) is 0.545. The molecule has 0 radical (unpaired) electrons. The fourth-order valence-corrected chi connectivity index (χ4v) is 3.35. The van der Waals surface area contributed by atoms with Crippen LogP contribution in [0.5, 0.6) is 0 Å². The summed E-state index contributed by atoms with van der Waals surface area (Å²) in [5.74, 6) is 0. The summed E-state index contributed by atoms with van der Waals surface area (Å²) in [6.07, 6.45) is 0. The van der Waals surface area contributed by atoms with Crippen molar-refractivity contribution in [3.63, 3.8) is 0 Å². The minimum absolute atomic E-state index is 0.116. The second-order valence-electron chi connectivity index (χ2n) is 3.52. The molecule has 0 aromatic heterocycles. The lowest BCUT2D eigenvalue weighted by Crippen LogP contribution is -2.27. The predicted molar refractivity (Wildman–Crippen MR) is 71.7 cm³/mol.